The summed E-state index contributed by atoms with van der Waals surface area (Å²) in [6.07, 6.45) is 0.196. The largest absolute Gasteiger partial charge is 0.481 e. The fourth-order valence-electron chi connectivity index (χ4n) is 2.83. The molecule has 2 rings (SSSR count). The Kier molecular flexibility index (Phi) is 6.98. The van der Waals surface area contributed by atoms with Gasteiger partial charge in [-0.2, -0.15) is 5.26 Å². The van der Waals surface area contributed by atoms with Gasteiger partial charge < -0.3 is 14.5 Å². The molecule has 0 N–H and O–H groups in total. The molecule has 0 aromatic heterocycles. The average Bonchev–Trinajstić information content (AvgIpc) is 2.86. The molecule has 2 amide bonds. The molecule has 0 radical (unpaired) electrons. The minimum Gasteiger partial charge on any atom is -0.481 e. The van der Waals surface area contributed by atoms with E-state index in [1.54, 1.807) is 55.1 Å². The van der Waals surface area contributed by atoms with E-state index in [4.69, 9.17) is 10.00 Å². The summed E-state index contributed by atoms with van der Waals surface area (Å²) in [6, 6.07) is 8.85. The van der Waals surface area contributed by atoms with Crippen LogP contribution in [0.5, 0.6) is 5.75 Å². The van der Waals surface area contributed by atoms with E-state index in [0.717, 1.165) is 13.0 Å². The second-order valence-corrected chi connectivity index (χ2v) is 6.64. The smallest absolute Gasteiger partial charge is 0.263 e. The van der Waals surface area contributed by atoms with Crippen molar-refractivity contribution in [3.63, 3.8) is 0 Å². The van der Waals surface area contributed by atoms with Gasteiger partial charge >= 0.3 is 0 Å². The summed E-state index contributed by atoms with van der Waals surface area (Å²) in [4.78, 5) is 30.0. The molecule has 1 aromatic carbocycles. The molecule has 7 heteroatoms. The molecule has 1 aliphatic heterocycles. The number of nitriles is 1. The zero-order chi connectivity index (χ0) is 19.1. The van der Waals surface area contributed by atoms with Crippen molar-refractivity contribution < 1.29 is 14.3 Å². The molecule has 26 heavy (non-hydrogen) atoms. The summed E-state index contributed by atoms with van der Waals surface area (Å²) in [6.45, 7) is 4.79. The zero-order valence-electron chi connectivity index (χ0n) is 15.6. The van der Waals surface area contributed by atoms with Gasteiger partial charge in [-0.3, -0.25) is 14.5 Å². The Bertz CT molecular complexity index is 684. The van der Waals surface area contributed by atoms with Crippen LogP contribution in [-0.4, -0.2) is 79.4 Å². The molecule has 7 nitrogen and oxygen atoms in total. The summed E-state index contributed by atoms with van der Waals surface area (Å²) in [5, 5.41) is 8.95. The molecule has 0 aliphatic carbocycles. The van der Waals surface area contributed by atoms with E-state index in [-0.39, 0.29) is 11.8 Å². The highest BCUT2D eigenvalue weighted by atomic mass is 16.5. The summed E-state index contributed by atoms with van der Waals surface area (Å²) in [5.74, 6) is 0.505. The van der Waals surface area contributed by atoms with Gasteiger partial charge in [0.2, 0.25) is 5.91 Å². The molecule has 1 fully saturated rings. The number of rotatable bonds is 5. The van der Waals surface area contributed by atoms with Crippen molar-refractivity contribution in [2.45, 2.75) is 19.4 Å². The third kappa shape index (κ3) is 5.46. The van der Waals surface area contributed by atoms with Crippen molar-refractivity contribution in [1.82, 2.24) is 14.7 Å². The van der Waals surface area contributed by atoms with Gasteiger partial charge in [-0.1, -0.05) is 6.07 Å². The quantitative estimate of drug-likeness (QED) is 0.783. The highest BCUT2D eigenvalue weighted by molar-refractivity contribution is 5.81. The number of ether oxygens (including phenoxy) is 1. The Morgan fingerprint density at radius 3 is 2.73 bits per heavy atom. The second kappa shape index (κ2) is 9.20. The third-order valence-corrected chi connectivity index (χ3v) is 4.38. The molecular weight excluding hydrogens is 332 g/mol. The standard InChI is InChI=1S/C19H26N4O3/c1-15(26-17-7-4-6-16(12-17)13-20)19(25)23-9-5-8-22(10-11-23)14-18(24)21(2)3/h4,6-7,12,15H,5,8-11,14H2,1-3H3. The molecule has 1 atom stereocenters. The molecule has 0 bridgehead atoms. The van der Waals surface area contributed by atoms with E-state index in [0.29, 0.717) is 37.5 Å². The minimum atomic E-state index is -0.626. The molecule has 1 heterocycles. The number of nitrogens with zero attached hydrogens (tertiary/aromatic N) is 4. The van der Waals surface area contributed by atoms with Crippen molar-refractivity contribution in [2.75, 3.05) is 46.8 Å². The summed E-state index contributed by atoms with van der Waals surface area (Å²) < 4.78 is 5.72. The molecule has 140 valence electrons. The third-order valence-electron chi connectivity index (χ3n) is 4.38. The van der Waals surface area contributed by atoms with Crippen LogP contribution in [0.1, 0.15) is 18.9 Å². The van der Waals surface area contributed by atoms with Gasteiger partial charge in [0.05, 0.1) is 18.2 Å². The summed E-state index contributed by atoms with van der Waals surface area (Å²) in [5.41, 5.74) is 0.498. The van der Waals surface area contributed by atoms with Gasteiger partial charge in [0, 0.05) is 40.3 Å². The highest BCUT2D eigenvalue weighted by Gasteiger charge is 2.25. The number of carbonyl (C=O) groups excluding carboxylic acids is 2. The number of hydrogen-bond donors (Lipinski definition) is 0. The van der Waals surface area contributed by atoms with Crippen LogP contribution in [0, 0.1) is 11.3 Å². The van der Waals surface area contributed by atoms with Gasteiger partial charge in [-0.05, 0) is 31.5 Å². The van der Waals surface area contributed by atoms with E-state index < -0.39 is 6.10 Å². The predicted molar refractivity (Wildman–Crippen MR) is 97.6 cm³/mol. The first kappa shape index (κ1) is 19.7. The number of hydrogen-bond acceptors (Lipinski definition) is 5. The minimum absolute atomic E-state index is 0.0684. The lowest BCUT2D eigenvalue weighted by atomic mass is 10.2. The van der Waals surface area contributed by atoms with Gasteiger partial charge in [0.1, 0.15) is 5.75 Å². The van der Waals surface area contributed by atoms with E-state index in [9.17, 15) is 9.59 Å². The summed E-state index contributed by atoms with van der Waals surface area (Å²) >= 11 is 0. The van der Waals surface area contributed by atoms with Crippen molar-refractivity contribution in [1.29, 1.82) is 5.26 Å². The van der Waals surface area contributed by atoms with Crippen LogP contribution in [0.4, 0.5) is 0 Å². The molecule has 0 saturated carbocycles. The average molecular weight is 358 g/mol. The Balaban J connectivity index is 1.90. The SMILES string of the molecule is CC(Oc1cccc(C#N)c1)C(=O)N1CCCN(CC(=O)N(C)C)CC1. The molecule has 0 spiro atoms. The lowest BCUT2D eigenvalue weighted by Gasteiger charge is -2.25. The number of carbonyl (C=O) groups is 2. The first-order chi connectivity index (χ1) is 12.4. The van der Waals surface area contributed by atoms with Crippen LogP contribution >= 0.6 is 0 Å². The molecule has 1 unspecified atom stereocenters. The van der Waals surface area contributed by atoms with Gasteiger partial charge in [-0.15, -0.1) is 0 Å². The van der Waals surface area contributed by atoms with Gasteiger partial charge in [-0.25, -0.2) is 0 Å². The highest BCUT2D eigenvalue weighted by Crippen LogP contribution is 2.16. The molecule has 1 aromatic rings. The number of amides is 2. The van der Waals surface area contributed by atoms with Gasteiger partial charge in [0.25, 0.3) is 5.91 Å². The van der Waals surface area contributed by atoms with Crippen LogP contribution in [0.2, 0.25) is 0 Å². The van der Waals surface area contributed by atoms with E-state index >= 15 is 0 Å². The fourth-order valence-corrected chi connectivity index (χ4v) is 2.83. The number of likely N-dealkylation sites (N-methyl/N-ethyl adjacent to an activating group) is 1. The molecular formula is C19H26N4O3. The normalized spacial score (nSPS) is 16.3. The Hall–Kier alpha value is -2.59. The Morgan fingerprint density at radius 2 is 2.04 bits per heavy atom. The molecule has 1 saturated heterocycles. The first-order valence-electron chi connectivity index (χ1n) is 8.79. The van der Waals surface area contributed by atoms with E-state index in [1.165, 1.54) is 0 Å². The monoisotopic (exact) mass is 358 g/mol. The lowest BCUT2D eigenvalue weighted by Crippen LogP contribution is -2.43. The number of benzene rings is 1. The fraction of sp³-hybridized carbons (Fsp3) is 0.526. The Morgan fingerprint density at radius 1 is 1.27 bits per heavy atom. The van der Waals surface area contributed by atoms with Crippen LogP contribution in [-0.2, 0) is 9.59 Å². The molecule has 1 aliphatic rings. The van der Waals surface area contributed by atoms with Crippen LogP contribution in [0.3, 0.4) is 0 Å². The maximum atomic E-state index is 12.7. The van der Waals surface area contributed by atoms with Crippen molar-refractivity contribution in [3.05, 3.63) is 29.8 Å². The van der Waals surface area contributed by atoms with Crippen molar-refractivity contribution >= 4 is 11.8 Å². The van der Waals surface area contributed by atoms with Crippen LogP contribution in [0.15, 0.2) is 24.3 Å². The predicted octanol–water partition coefficient (Wildman–Crippen LogP) is 0.948. The van der Waals surface area contributed by atoms with Crippen LogP contribution in [0.25, 0.3) is 0 Å². The topological polar surface area (TPSA) is 76.9 Å². The maximum absolute atomic E-state index is 12.7. The summed E-state index contributed by atoms with van der Waals surface area (Å²) in [7, 11) is 3.49. The maximum Gasteiger partial charge on any atom is 0.263 e. The second-order valence-electron chi connectivity index (χ2n) is 6.64. The van der Waals surface area contributed by atoms with Crippen molar-refractivity contribution in [3.8, 4) is 11.8 Å². The van der Waals surface area contributed by atoms with Crippen molar-refractivity contribution in [2.24, 2.45) is 0 Å². The Labute approximate surface area is 154 Å². The zero-order valence-corrected chi connectivity index (χ0v) is 15.6. The lowest BCUT2D eigenvalue weighted by molar-refractivity contribution is -0.137. The van der Waals surface area contributed by atoms with Crippen LogP contribution < -0.4 is 4.74 Å². The first-order valence-corrected chi connectivity index (χ1v) is 8.79. The van der Waals surface area contributed by atoms with E-state index in [1.807, 2.05) is 0 Å². The van der Waals surface area contributed by atoms with Gasteiger partial charge in [0.15, 0.2) is 6.10 Å². The van der Waals surface area contributed by atoms with E-state index in [2.05, 4.69) is 11.0 Å².